The van der Waals surface area contributed by atoms with Crippen LogP contribution < -0.4 is 15.2 Å². The molecule has 0 fully saturated rings. The number of ether oxygens (including phenoxy) is 2. The summed E-state index contributed by atoms with van der Waals surface area (Å²) in [7, 11) is 0. The normalized spacial score (nSPS) is 12.7. The van der Waals surface area contributed by atoms with Crippen molar-refractivity contribution in [3.8, 4) is 33.5 Å². The first-order valence-electron chi connectivity index (χ1n) is 10.6. The summed E-state index contributed by atoms with van der Waals surface area (Å²) >= 11 is 1.15. The first kappa shape index (κ1) is 26.3. The molecular weight excluding hydrogens is 528 g/mol. The molecular formula is C23H17F6N3O4S. The second-order valence-electron chi connectivity index (χ2n) is 7.66. The molecule has 2 aromatic heterocycles. The topological polar surface area (TPSA) is 90.2 Å². The largest absolute Gasteiger partial charge is 0.482 e. The van der Waals surface area contributed by atoms with Crippen molar-refractivity contribution in [3.05, 3.63) is 68.9 Å². The summed E-state index contributed by atoms with van der Waals surface area (Å²) in [6.07, 6.45) is -4.93. The average molecular weight is 545 g/mol. The van der Waals surface area contributed by atoms with Crippen molar-refractivity contribution in [2.75, 3.05) is 0 Å². The van der Waals surface area contributed by atoms with Crippen LogP contribution in [0.25, 0.3) is 22.0 Å². The van der Waals surface area contributed by atoms with Crippen LogP contribution >= 0.6 is 11.3 Å². The molecule has 0 saturated heterocycles. The van der Waals surface area contributed by atoms with Crippen LogP contribution in [0.2, 0.25) is 0 Å². The SMILES string of the molecule is CC[C@@H](Oc1cc(OC(F)F)c(-c2noc(=O)[nH]2)cc1F)c1sc(-c2ccc(C(F)(F)F)cc2)nc1C. The van der Waals surface area contributed by atoms with Gasteiger partial charge >= 0.3 is 18.5 Å². The maximum atomic E-state index is 15.0. The molecule has 1 N–H and O–H groups in total. The molecule has 0 aliphatic heterocycles. The van der Waals surface area contributed by atoms with Gasteiger partial charge in [0, 0.05) is 11.6 Å². The third-order valence-corrected chi connectivity index (χ3v) is 6.47. The third kappa shape index (κ3) is 5.79. The number of rotatable bonds is 8. The number of aromatic amines is 1. The van der Waals surface area contributed by atoms with E-state index in [2.05, 4.69) is 24.4 Å². The molecule has 0 saturated carbocycles. The molecule has 7 nitrogen and oxygen atoms in total. The summed E-state index contributed by atoms with van der Waals surface area (Å²) in [6, 6.07) is 6.20. The number of thiazole rings is 1. The van der Waals surface area contributed by atoms with Gasteiger partial charge in [0.2, 0.25) is 0 Å². The van der Waals surface area contributed by atoms with Crippen LogP contribution in [0.1, 0.15) is 35.6 Å². The number of aromatic nitrogens is 3. The predicted octanol–water partition coefficient (Wildman–Crippen LogP) is 6.75. The molecule has 0 radical (unpaired) electrons. The highest BCUT2D eigenvalue weighted by molar-refractivity contribution is 7.15. The van der Waals surface area contributed by atoms with Gasteiger partial charge in [-0.05, 0) is 31.5 Å². The van der Waals surface area contributed by atoms with Crippen molar-refractivity contribution < 1.29 is 40.3 Å². The van der Waals surface area contributed by atoms with Crippen LogP contribution in [0.15, 0.2) is 45.7 Å². The minimum Gasteiger partial charge on any atom is -0.482 e. The van der Waals surface area contributed by atoms with E-state index < -0.39 is 47.5 Å². The van der Waals surface area contributed by atoms with Crippen molar-refractivity contribution in [2.45, 2.75) is 39.2 Å². The lowest BCUT2D eigenvalue weighted by atomic mass is 10.1. The van der Waals surface area contributed by atoms with Gasteiger partial charge in [-0.1, -0.05) is 24.2 Å². The second kappa shape index (κ2) is 10.3. The summed E-state index contributed by atoms with van der Waals surface area (Å²) < 4.78 is 94.2. The van der Waals surface area contributed by atoms with Gasteiger partial charge in [-0.2, -0.15) is 22.0 Å². The van der Waals surface area contributed by atoms with Crippen LogP contribution in [0.3, 0.4) is 0 Å². The van der Waals surface area contributed by atoms with Crippen molar-refractivity contribution in [3.63, 3.8) is 0 Å². The Bertz CT molecular complexity index is 1450. The van der Waals surface area contributed by atoms with E-state index in [-0.39, 0.29) is 11.4 Å². The molecule has 37 heavy (non-hydrogen) atoms. The van der Waals surface area contributed by atoms with Gasteiger partial charge in [0.15, 0.2) is 17.4 Å². The van der Waals surface area contributed by atoms with E-state index in [0.717, 1.165) is 35.6 Å². The lowest BCUT2D eigenvalue weighted by Crippen LogP contribution is -2.09. The monoisotopic (exact) mass is 545 g/mol. The first-order valence-corrected chi connectivity index (χ1v) is 11.4. The molecule has 4 rings (SSSR count). The maximum absolute atomic E-state index is 15.0. The molecule has 0 aliphatic carbocycles. The summed E-state index contributed by atoms with van der Waals surface area (Å²) in [5.74, 6) is -3.19. The lowest BCUT2D eigenvalue weighted by Gasteiger charge is -2.19. The van der Waals surface area contributed by atoms with E-state index in [1.165, 1.54) is 12.1 Å². The Hall–Kier alpha value is -3.81. The molecule has 0 unspecified atom stereocenters. The molecule has 14 heteroatoms. The average Bonchev–Trinajstić information content (AvgIpc) is 3.44. The minimum atomic E-state index is -4.47. The van der Waals surface area contributed by atoms with Crippen molar-refractivity contribution in [1.82, 2.24) is 15.1 Å². The smallest absolute Gasteiger partial charge is 0.439 e. The van der Waals surface area contributed by atoms with Crippen LogP contribution in [0.5, 0.6) is 11.5 Å². The Morgan fingerprint density at radius 3 is 2.38 bits per heavy atom. The van der Waals surface area contributed by atoms with Crippen molar-refractivity contribution in [1.29, 1.82) is 0 Å². The summed E-state index contributed by atoms with van der Waals surface area (Å²) in [6.45, 7) is 0.134. The van der Waals surface area contributed by atoms with Gasteiger partial charge in [0.1, 0.15) is 16.9 Å². The first-order chi connectivity index (χ1) is 17.5. The Morgan fingerprint density at radius 2 is 1.81 bits per heavy atom. The standard InChI is InChI=1S/C23H17F6N3O4S/c1-3-15(18-10(2)30-20(37-18)11-4-6-12(7-5-11)23(27,28)29)34-17-9-16(35-21(25)26)13(8-14(17)24)19-31-22(33)36-32-19/h4-9,15,21H,3H2,1-2H3,(H,31,32,33)/t15-/m1/s1. The van der Waals surface area contributed by atoms with E-state index in [4.69, 9.17) is 4.74 Å². The third-order valence-electron chi connectivity index (χ3n) is 5.17. The van der Waals surface area contributed by atoms with Crippen LogP contribution in [0.4, 0.5) is 26.3 Å². The predicted molar refractivity (Wildman–Crippen MR) is 120 cm³/mol. The van der Waals surface area contributed by atoms with Crippen LogP contribution in [0, 0.1) is 12.7 Å². The number of hydrogen-bond donors (Lipinski definition) is 1. The highest BCUT2D eigenvalue weighted by Crippen LogP contribution is 2.40. The lowest BCUT2D eigenvalue weighted by molar-refractivity contribution is -0.137. The number of alkyl halides is 5. The van der Waals surface area contributed by atoms with Crippen LogP contribution in [-0.2, 0) is 6.18 Å². The Balaban J connectivity index is 1.65. The van der Waals surface area contributed by atoms with E-state index in [9.17, 15) is 31.1 Å². The molecule has 0 spiro atoms. The molecule has 196 valence electrons. The highest BCUT2D eigenvalue weighted by Gasteiger charge is 2.30. The molecule has 2 aromatic carbocycles. The Kier molecular flexibility index (Phi) is 7.30. The number of nitrogens with one attached hydrogen (secondary N) is 1. The zero-order valence-corrected chi connectivity index (χ0v) is 19.8. The van der Waals surface area contributed by atoms with E-state index in [1.807, 2.05) is 0 Å². The van der Waals surface area contributed by atoms with E-state index in [0.29, 0.717) is 27.6 Å². The Labute approximate surface area is 208 Å². The van der Waals surface area contributed by atoms with Crippen LogP contribution in [-0.4, -0.2) is 21.7 Å². The van der Waals surface area contributed by atoms with Gasteiger partial charge in [0.25, 0.3) is 0 Å². The summed E-state index contributed by atoms with van der Waals surface area (Å²) in [5.41, 5.74) is -0.127. The van der Waals surface area contributed by atoms with Gasteiger partial charge in [-0.25, -0.2) is 14.2 Å². The minimum absolute atomic E-state index is 0.289. The number of benzene rings is 2. The quantitative estimate of drug-likeness (QED) is 0.246. The van der Waals surface area contributed by atoms with Crippen molar-refractivity contribution >= 4 is 11.3 Å². The highest BCUT2D eigenvalue weighted by atomic mass is 32.1. The number of nitrogens with zero attached hydrogens (tertiary/aromatic N) is 2. The van der Waals surface area contributed by atoms with Gasteiger partial charge < -0.3 is 9.47 Å². The van der Waals surface area contributed by atoms with E-state index in [1.54, 1.807) is 13.8 Å². The number of H-pyrrole nitrogens is 1. The summed E-state index contributed by atoms with van der Waals surface area (Å²) in [4.78, 5) is 18.3. The number of aryl methyl sites for hydroxylation is 1. The van der Waals surface area contributed by atoms with Gasteiger partial charge in [-0.15, -0.1) is 11.3 Å². The van der Waals surface area contributed by atoms with Gasteiger partial charge in [0.05, 0.1) is 21.7 Å². The molecule has 4 aromatic rings. The fourth-order valence-corrected chi connectivity index (χ4v) is 4.64. The van der Waals surface area contributed by atoms with E-state index >= 15 is 0 Å². The molecule has 2 heterocycles. The molecule has 1 atom stereocenters. The zero-order chi connectivity index (χ0) is 26.9. The second-order valence-corrected chi connectivity index (χ2v) is 8.69. The fourth-order valence-electron chi connectivity index (χ4n) is 3.46. The van der Waals surface area contributed by atoms with Gasteiger partial charge in [-0.3, -0.25) is 9.51 Å². The van der Waals surface area contributed by atoms with Crippen molar-refractivity contribution in [2.24, 2.45) is 0 Å². The number of hydrogen-bond acceptors (Lipinski definition) is 7. The zero-order valence-electron chi connectivity index (χ0n) is 19.0. The Morgan fingerprint density at radius 1 is 1.11 bits per heavy atom. The molecule has 0 aliphatic rings. The molecule has 0 amide bonds. The maximum Gasteiger partial charge on any atom is 0.439 e. The molecule has 0 bridgehead atoms. The number of halogens is 6. The fraction of sp³-hybridized carbons (Fsp3) is 0.261. The summed E-state index contributed by atoms with van der Waals surface area (Å²) in [5, 5.41) is 3.79.